The molecule has 0 aliphatic carbocycles. The Hall–Kier alpha value is -3.11. The van der Waals surface area contributed by atoms with E-state index in [0.717, 1.165) is 5.56 Å². The van der Waals surface area contributed by atoms with Crippen LogP contribution in [0.2, 0.25) is 0 Å². The third-order valence-electron chi connectivity index (χ3n) is 5.96. The second kappa shape index (κ2) is 9.40. The molecule has 0 saturated carbocycles. The minimum atomic E-state index is -3.89. The van der Waals surface area contributed by atoms with Gasteiger partial charge in [-0.25, -0.2) is 8.42 Å². The molecule has 0 bridgehead atoms. The summed E-state index contributed by atoms with van der Waals surface area (Å²) in [5.41, 5.74) is 1.91. The fraction of sp³-hybridized carbons (Fsp3) is 0.391. The van der Waals surface area contributed by atoms with Crippen LogP contribution in [-0.2, 0) is 26.0 Å². The fourth-order valence-corrected chi connectivity index (χ4v) is 5.98. The van der Waals surface area contributed by atoms with E-state index in [0.29, 0.717) is 55.0 Å². The van der Waals surface area contributed by atoms with Gasteiger partial charge in [0.1, 0.15) is 6.04 Å². The lowest BCUT2D eigenvalue weighted by atomic mass is 10.1. The van der Waals surface area contributed by atoms with Crippen LogP contribution < -0.4 is 20.1 Å². The van der Waals surface area contributed by atoms with E-state index in [9.17, 15) is 18.0 Å². The Kier molecular flexibility index (Phi) is 6.57. The minimum absolute atomic E-state index is 0.0733. The predicted molar refractivity (Wildman–Crippen MR) is 123 cm³/mol. The van der Waals surface area contributed by atoms with Crippen LogP contribution in [0.15, 0.2) is 41.3 Å². The molecule has 2 aliphatic rings. The van der Waals surface area contributed by atoms with Crippen molar-refractivity contribution in [3.63, 3.8) is 0 Å². The molecule has 10 heteroatoms. The first-order valence-corrected chi connectivity index (χ1v) is 12.2. The number of carbonyl (C=O) groups excluding carboxylic acids is 2. The van der Waals surface area contributed by atoms with Gasteiger partial charge in [-0.2, -0.15) is 4.31 Å². The summed E-state index contributed by atoms with van der Waals surface area (Å²) in [5, 5.41) is 5.61. The summed E-state index contributed by atoms with van der Waals surface area (Å²) in [5.74, 6) is 0.518. The molecule has 2 aliphatic heterocycles. The molecule has 0 aromatic heterocycles. The molecule has 0 spiro atoms. The Labute approximate surface area is 193 Å². The van der Waals surface area contributed by atoms with Crippen LogP contribution in [0.4, 0.5) is 11.4 Å². The highest BCUT2D eigenvalue weighted by Crippen LogP contribution is 2.32. The molecule has 0 radical (unpaired) electrons. The van der Waals surface area contributed by atoms with Gasteiger partial charge in [0.25, 0.3) is 0 Å². The fourth-order valence-electron chi connectivity index (χ4n) is 4.28. The summed E-state index contributed by atoms with van der Waals surface area (Å²) in [6.45, 7) is 0.264. The summed E-state index contributed by atoms with van der Waals surface area (Å²) in [6, 6.07) is 8.88. The second-order valence-corrected chi connectivity index (χ2v) is 9.94. The highest BCUT2D eigenvalue weighted by atomic mass is 32.2. The van der Waals surface area contributed by atoms with Gasteiger partial charge in [-0.15, -0.1) is 0 Å². The van der Waals surface area contributed by atoms with Crippen molar-refractivity contribution in [1.29, 1.82) is 0 Å². The van der Waals surface area contributed by atoms with Crippen LogP contribution in [0, 0.1) is 0 Å². The standard InChI is InChI=1S/C23H27N3O6S/c1-31-20-11-8-16(14-21(20)32-2)24-23(28)19-6-4-12-26(19)33(29,30)17-9-10-18-15(13-17)5-3-7-22(27)25-18/h8-11,13-14,19H,3-7,12H2,1-2H3,(H,24,28)(H,25,27). The van der Waals surface area contributed by atoms with E-state index in [1.54, 1.807) is 30.3 Å². The maximum absolute atomic E-state index is 13.4. The number of carbonyl (C=O) groups is 2. The maximum Gasteiger partial charge on any atom is 0.243 e. The smallest absolute Gasteiger partial charge is 0.243 e. The molecule has 2 N–H and O–H groups in total. The Balaban J connectivity index is 1.55. The number of sulfonamides is 1. The first-order chi connectivity index (χ1) is 15.8. The lowest BCUT2D eigenvalue weighted by Crippen LogP contribution is -2.43. The largest absolute Gasteiger partial charge is 0.493 e. The van der Waals surface area contributed by atoms with E-state index in [1.807, 2.05) is 0 Å². The zero-order valence-electron chi connectivity index (χ0n) is 18.6. The zero-order valence-corrected chi connectivity index (χ0v) is 19.4. The number of hydrogen-bond donors (Lipinski definition) is 2. The molecule has 176 valence electrons. The third kappa shape index (κ3) is 4.67. The van der Waals surface area contributed by atoms with Crippen molar-refractivity contribution < 1.29 is 27.5 Å². The number of benzene rings is 2. The van der Waals surface area contributed by atoms with Crippen LogP contribution in [0.25, 0.3) is 0 Å². The number of nitrogens with one attached hydrogen (secondary N) is 2. The average Bonchev–Trinajstić information content (AvgIpc) is 3.23. The van der Waals surface area contributed by atoms with Gasteiger partial charge in [-0.3, -0.25) is 9.59 Å². The molecule has 4 rings (SSSR count). The summed E-state index contributed by atoms with van der Waals surface area (Å²) in [6.07, 6.45) is 2.69. The van der Waals surface area contributed by atoms with Crippen LogP contribution in [-0.4, -0.2) is 51.3 Å². The number of amides is 2. The number of nitrogens with zero attached hydrogens (tertiary/aromatic N) is 1. The van der Waals surface area contributed by atoms with Gasteiger partial charge in [0.2, 0.25) is 21.8 Å². The lowest BCUT2D eigenvalue weighted by molar-refractivity contribution is -0.119. The van der Waals surface area contributed by atoms with Crippen molar-refractivity contribution in [1.82, 2.24) is 4.31 Å². The number of rotatable bonds is 6. The number of aryl methyl sites for hydroxylation is 1. The Bertz CT molecular complexity index is 1180. The van der Waals surface area contributed by atoms with Gasteiger partial charge >= 0.3 is 0 Å². The van der Waals surface area contributed by atoms with E-state index in [1.165, 1.54) is 24.6 Å². The van der Waals surface area contributed by atoms with Gasteiger partial charge in [-0.1, -0.05) is 0 Å². The molecule has 2 amide bonds. The average molecular weight is 474 g/mol. The van der Waals surface area contributed by atoms with Crippen LogP contribution in [0.3, 0.4) is 0 Å². The SMILES string of the molecule is COc1ccc(NC(=O)C2CCCN2S(=O)(=O)c2ccc3c(c2)CCCC(=O)N3)cc1OC. The minimum Gasteiger partial charge on any atom is -0.493 e. The normalized spacial score (nSPS) is 18.7. The van der Waals surface area contributed by atoms with Crippen molar-refractivity contribution in [2.45, 2.75) is 43.0 Å². The first kappa shape index (κ1) is 23.1. The highest BCUT2D eigenvalue weighted by Gasteiger charge is 2.39. The van der Waals surface area contributed by atoms with Crippen LogP contribution >= 0.6 is 0 Å². The Morgan fingerprint density at radius 2 is 1.85 bits per heavy atom. The Morgan fingerprint density at radius 1 is 1.06 bits per heavy atom. The lowest BCUT2D eigenvalue weighted by Gasteiger charge is -2.24. The van der Waals surface area contributed by atoms with Crippen molar-refractivity contribution in [2.24, 2.45) is 0 Å². The topological polar surface area (TPSA) is 114 Å². The van der Waals surface area contributed by atoms with E-state index < -0.39 is 22.0 Å². The number of anilines is 2. The number of hydrogen-bond acceptors (Lipinski definition) is 6. The summed E-state index contributed by atoms with van der Waals surface area (Å²) < 4.78 is 38.6. The van der Waals surface area contributed by atoms with Gasteiger partial charge in [0, 0.05) is 30.4 Å². The molecule has 2 aromatic carbocycles. The molecule has 1 saturated heterocycles. The highest BCUT2D eigenvalue weighted by molar-refractivity contribution is 7.89. The second-order valence-electron chi connectivity index (χ2n) is 8.05. The third-order valence-corrected chi connectivity index (χ3v) is 7.87. The van der Waals surface area contributed by atoms with E-state index in [4.69, 9.17) is 9.47 Å². The van der Waals surface area contributed by atoms with Crippen LogP contribution in [0.5, 0.6) is 11.5 Å². The molecular formula is C23H27N3O6S. The number of methoxy groups -OCH3 is 2. The van der Waals surface area contributed by atoms with E-state index in [2.05, 4.69) is 10.6 Å². The monoisotopic (exact) mass is 473 g/mol. The van der Waals surface area contributed by atoms with Crippen molar-refractivity contribution in [3.05, 3.63) is 42.0 Å². The summed E-state index contributed by atoms with van der Waals surface area (Å²) in [7, 11) is -0.870. The number of ether oxygens (including phenoxy) is 2. The molecule has 9 nitrogen and oxygen atoms in total. The molecule has 2 heterocycles. The summed E-state index contributed by atoms with van der Waals surface area (Å²) in [4.78, 5) is 24.9. The molecule has 33 heavy (non-hydrogen) atoms. The van der Waals surface area contributed by atoms with E-state index in [-0.39, 0.29) is 17.3 Å². The molecule has 1 unspecified atom stereocenters. The quantitative estimate of drug-likeness (QED) is 0.667. The molecule has 2 aromatic rings. The molecule has 1 fully saturated rings. The Morgan fingerprint density at radius 3 is 2.61 bits per heavy atom. The van der Waals surface area contributed by atoms with Crippen molar-refractivity contribution in [3.8, 4) is 11.5 Å². The first-order valence-electron chi connectivity index (χ1n) is 10.8. The zero-order chi connectivity index (χ0) is 23.6. The van der Waals surface area contributed by atoms with Gasteiger partial charge in [-0.05, 0) is 61.6 Å². The van der Waals surface area contributed by atoms with E-state index >= 15 is 0 Å². The number of fused-ring (bicyclic) bond motifs is 1. The summed E-state index contributed by atoms with van der Waals surface area (Å²) >= 11 is 0. The predicted octanol–water partition coefficient (Wildman–Crippen LogP) is 2.77. The van der Waals surface area contributed by atoms with Crippen molar-refractivity contribution >= 4 is 33.2 Å². The van der Waals surface area contributed by atoms with Gasteiger partial charge in [0.05, 0.1) is 19.1 Å². The van der Waals surface area contributed by atoms with Gasteiger partial charge in [0.15, 0.2) is 11.5 Å². The van der Waals surface area contributed by atoms with Gasteiger partial charge < -0.3 is 20.1 Å². The molecule has 1 atom stereocenters. The maximum atomic E-state index is 13.4. The molecular weight excluding hydrogens is 446 g/mol. The van der Waals surface area contributed by atoms with Crippen LogP contribution in [0.1, 0.15) is 31.2 Å². The van der Waals surface area contributed by atoms with Crippen molar-refractivity contribution in [2.75, 3.05) is 31.4 Å².